The molecule has 3 fully saturated rings. The molecule has 4 aliphatic rings. The lowest BCUT2D eigenvalue weighted by Crippen LogP contribution is -2.82. The first kappa shape index (κ1) is 44.3. The summed E-state index contributed by atoms with van der Waals surface area (Å²) < 4.78 is 30.2. The monoisotopic (exact) mass is 854 g/mol. The summed E-state index contributed by atoms with van der Waals surface area (Å²) >= 11 is 0. The molecule has 0 unspecified atom stereocenters. The minimum absolute atomic E-state index is 0.0152. The molecule has 328 valence electrons. The first-order valence-corrected chi connectivity index (χ1v) is 20.3. The van der Waals surface area contributed by atoms with Gasteiger partial charge in [0.1, 0.15) is 23.9 Å². The topological polar surface area (TPSA) is 234 Å². The van der Waals surface area contributed by atoms with E-state index in [0.717, 1.165) is 13.8 Å². The van der Waals surface area contributed by atoms with Crippen LogP contribution in [-0.2, 0) is 42.9 Å². The molecule has 3 aliphatic carbocycles. The van der Waals surface area contributed by atoms with Crippen LogP contribution < -0.4 is 5.32 Å². The first-order chi connectivity index (χ1) is 29.3. The Kier molecular flexibility index (Phi) is 11.8. The van der Waals surface area contributed by atoms with Gasteiger partial charge in [-0.15, -0.1) is 0 Å². The number of benzene rings is 2. The molecule has 2 saturated carbocycles. The Morgan fingerprint density at radius 2 is 1.53 bits per heavy atom. The molecule has 16 heteroatoms. The third-order valence-electron chi connectivity index (χ3n) is 13.4. The second-order valence-corrected chi connectivity index (χ2v) is 17.2. The molecular formula is C46H50N2O14. The zero-order valence-electron chi connectivity index (χ0n) is 35.1. The molecule has 1 aromatic heterocycles. The number of fused-ring (bicyclic) bond motifs is 5. The number of aliphatic hydroxyl groups excluding tert-OH is 2. The number of rotatable bonds is 10. The third-order valence-corrected chi connectivity index (χ3v) is 13.4. The average Bonchev–Trinajstić information content (AvgIpc) is 3.24. The second kappa shape index (κ2) is 16.5. The van der Waals surface area contributed by atoms with Gasteiger partial charge in [0.15, 0.2) is 23.6 Å². The highest BCUT2D eigenvalue weighted by molar-refractivity contribution is 5.96. The maximum Gasteiger partial charge on any atom is 0.340 e. The summed E-state index contributed by atoms with van der Waals surface area (Å²) in [4.78, 5) is 87.4. The number of nitrogens with one attached hydrogen (secondary N) is 1. The van der Waals surface area contributed by atoms with Gasteiger partial charge in [-0.25, -0.2) is 9.59 Å². The van der Waals surface area contributed by atoms with Gasteiger partial charge in [0.05, 0.1) is 35.6 Å². The van der Waals surface area contributed by atoms with E-state index in [9.17, 15) is 39.3 Å². The van der Waals surface area contributed by atoms with Gasteiger partial charge in [-0.1, -0.05) is 62.4 Å². The highest BCUT2D eigenvalue weighted by Gasteiger charge is 2.78. The zero-order chi connectivity index (χ0) is 44.9. The molecule has 1 saturated heterocycles. The van der Waals surface area contributed by atoms with Crippen LogP contribution in [0.1, 0.15) is 86.7 Å². The summed E-state index contributed by atoms with van der Waals surface area (Å²) in [5.74, 6) is -6.97. The van der Waals surface area contributed by atoms with E-state index in [1.54, 1.807) is 74.5 Å². The van der Waals surface area contributed by atoms with Crippen LogP contribution in [0.2, 0.25) is 0 Å². The molecule has 2 aromatic carbocycles. The lowest BCUT2D eigenvalue weighted by molar-refractivity contribution is -0.346. The van der Waals surface area contributed by atoms with Crippen LogP contribution in [0, 0.1) is 16.7 Å². The number of amides is 1. The standard InChI is InChI=1S/C46H50N2O14/c1-24-30(60-42(56)35(52)34(27-14-9-7-10-15-27)48-40(54)28-16-11-8-12-17-28)21-46(57)39(61-41(55)29-18-13-19-47-22-29)37-44(6,31(51)20-32-45(37,23-58-32)62-26(3)50)38(53)36(59-25(2)49)33(24)43(46,4)5/h7-19,22,30-32,34-37,39,51-52,57H,20-21,23H2,1-6H3,(H,48,54)/t30-,31-,32+,34-,35+,36+,37-,39-,44+,45-,46+/m0/s1. The number of carbonyl (C=O) groups excluding carboxylic acids is 6. The normalized spacial score (nSPS) is 31.9. The maximum absolute atomic E-state index is 15.5. The van der Waals surface area contributed by atoms with Gasteiger partial charge in [-0.2, -0.15) is 0 Å². The van der Waals surface area contributed by atoms with Gasteiger partial charge in [0.25, 0.3) is 5.91 Å². The van der Waals surface area contributed by atoms with Gasteiger partial charge in [0, 0.05) is 50.1 Å². The SMILES string of the molecule is CC(=O)O[C@H]1C(=O)[C@@]2(C)[C@H]([C@H](OC(=O)c3cccnc3)[C@]3(O)C[C@H](OC(=O)[C@H](O)[C@@H](NC(=O)c4ccccc4)c4ccccc4)C(C)=C1C3(C)C)[C@]1(OC(C)=O)CO[C@@H]1C[C@@H]2O. The summed E-state index contributed by atoms with van der Waals surface area (Å²) in [5.41, 5.74) is -7.23. The molecule has 1 aliphatic heterocycles. The minimum atomic E-state index is -2.41. The number of hydrogen-bond donors (Lipinski definition) is 4. The van der Waals surface area contributed by atoms with Crippen molar-refractivity contribution in [3.8, 4) is 0 Å². The number of Topliss-reactive ketones (excluding diaryl/α,β-unsaturated/α-hetero) is 1. The Labute approximate surface area is 357 Å². The number of aliphatic hydroxyl groups is 3. The van der Waals surface area contributed by atoms with Gasteiger partial charge in [0.2, 0.25) is 0 Å². The molecule has 4 N–H and O–H groups in total. The maximum atomic E-state index is 15.5. The van der Waals surface area contributed by atoms with E-state index >= 15 is 4.79 Å². The van der Waals surface area contributed by atoms with Crippen LogP contribution >= 0.6 is 0 Å². The van der Waals surface area contributed by atoms with Crippen LogP contribution in [0.25, 0.3) is 0 Å². The van der Waals surface area contributed by atoms with E-state index in [4.69, 9.17) is 23.7 Å². The van der Waals surface area contributed by atoms with Crippen molar-refractivity contribution in [2.24, 2.45) is 16.7 Å². The molecule has 2 heterocycles. The lowest BCUT2D eigenvalue weighted by atomic mass is 9.44. The second-order valence-electron chi connectivity index (χ2n) is 17.2. The van der Waals surface area contributed by atoms with Crippen LogP contribution in [0.5, 0.6) is 0 Å². The predicted molar refractivity (Wildman–Crippen MR) is 215 cm³/mol. The van der Waals surface area contributed by atoms with E-state index in [0.29, 0.717) is 5.56 Å². The fraction of sp³-hybridized carbons (Fsp3) is 0.457. The lowest BCUT2D eigenvalue weighted by Gasteiger charge is -2.67. The number of esters is 4. The molecule has 3 aromatic rings. The Hall–Kier alpha value is -5.81. The third kappa shape index (κ3) is 7.27. The largest absolute Gasteiger partial charge is 0.456 e. The average molecular weight is 855 g/mol. The van der Waals surface area contributed by atoms with Crippen molar-refractivity contribution in [2.45, 2.75) is 108 Å². The Bertz CT molecular complexity index is 2290. The summed E-state index contributed by atoms with van der Waals surface area (Å²) in [5, 5.41) is 40.2. The van der Waals surface area contributed by atoms with Gasteiger partial charge in [-0.05, 0) is 54.8 Å². The van der Waals surface area contributed by atoms with Crippen molar-refractivity contribution in [1.82, 2.24) is 10.3 Å². The van der Waals surface area contributed by atoms with Crippen LogP contribution in [0.15, 0.2) is 96.3 Å². The van der Waals surface area contributed by atoms with Gasteiger partial charge < -0.3 is 44.3 Å². The van der Waals surface area contributed by atoms with Crippen LogP contribution in [0.3, 0.4) is 0 Å². The van der Waals surface area contributed by atoms with Crippen molar-refractivity contribution in [2.75, 3.05) is 6.61 Å². The van der Waals surface area contributed by atoms with E-state index in [1.165, 1.54) is 38.4 Å². The van der Waals surface area contributed by atoms with Crippen LogP contribution in [0.4, 0.5) is 0 Å². The quantitative estimate of drug-likeness (QED) is 0.130. The highest BCUT2D eigenvalue weighted by Crippen LogP contribution is 2.64. The zero-order valence-corrected chi connectivity index (χ0v) is 35.1. The fourth-order valence-corrected chi connectivity index (χ4v) is 10.1. The van der Waals surface area contributed by atoms with Crippen molar-refractivity contribution in [1.29, 1.82) is 0 Å². The molecule has 0 radical (unpaired) electrons. The molecule has 16 nitrogen and oxygen atoms in total. The van der Waals surface area contributed by atoms with Gasteiger partial charge in [-0.3, -0.25) is 24.2 Å². The van der Waals surface area contributed by atoms with Crippen molar-refractivity contribution >= 4 is 35.6 Å². The summed E-state index contributed by atoms with van der Waals surface area (Å²) in [6.07, 6.45) is -7.95. The predicted octanol–water partition coefficient (Wildman–Crippen LogP) is 3.13. The van der Waals surface area contributed by atoms with Gasteiger partial charge >= 0.3 is 23.9 Å². The van der Waals surface area contributed by atoms with Crippen LogP contribution in [-0.4, -0.2) is 110 Å². The fourth-order valence-electron chi connectivity index (χ4n) is 10.1. The molecule has 1 amide bonds. The first-order valence-electron chi connectivity index (χ1n) is 20.3. The smallest absolute Gasteiger partial charge is 0.340 e. The molecular weight excluding hydrogens is 805 g/mol. The summed E-state index contributed by atoms with van der Waals surface area (Å²) in [7, 11) is 0. The number of pyridine rings is 1. The van der Waals surface area contributed by atoms with Crippen molar-refractivity contribution in [3.63, 3.8) is 0 Å². The molecule has 2 bridgehead atoms. The number of ketones is 1. The van der Waals surface area contributed by atoms with E-state index in [1.807, 2.05) is 0 Å². The Morgan fingerprint density at radius 1 is 0.887 bits per heavy atom. The van der Waals surface area contributed by atoms with E-state index in [-0.39, 0.29) is 35.3 Å². The minimum Gasteiger partial charge on any atom is -0.456 e. The molecule has 7 rings (SSSR count). The summed E-state index contributed by atoms with van der Waals surface area (Å²) in [6, 6.07) is 18.0. The molecule has 0 spiro atoms. The molecule has 62 heavy (non-hydrogen) atoms. The highest BCUT2D eigenvalue weighted by atomic mass is 16.6. The number of ether oxygens (including phenoxy) is 5. The number of aromatic nitrogens is 1. The number of carbonyl (C=O) groups is 6. The summed E-state index contributed by atoms with van der Waals surface area (Å²) in [6.45, 7) is 7.90. The number of hydrogen-bond acceptors (Lipinski definition) is 15. The van der Waals surface area contributed by atoms with E-state index in [2.05, 4.69) is 10.3 Å². The number of nitrogens with zero attached hydrogens (tertiary/aromatic N) is 1. The molecule has 11 atom stereocenters. The van der Waals surface area contributed by atoms with E-state index < -0.39 is 113 Å². The van der Waals surface area contributed by atoms with Crippen molar-refractivity contribution < 1.29 is 67.8 Å². The van der Waals surface area contributed by atoms with Crippen molar-refractivity contribution in [3.05, 3.63) is 113 Å². The Balaban J connectivity index is 1.39. The Morgan fingerprint density at radius 3 is 2.11 bits per heavy atom.